The molecular formula is C17H26F3N5O2S. The van der Waals surface area contributed by atoms with Crippen molar-refractivity contribution < 1.29 is 21.6 Å². The molecule has 28 heavy (non-hydrogen) atoms. The summed E-state index contributed by atoms with van der Waals surface area (Å²) in [6.45, 7) is 4.20. The lowest BCUT2D eigenvalue weighted by molar-refractivity contribution is -0.150. The van der Waals surface area contributed by atoms with Gasteiger partial charge in [-0.15, -0.1) is 0 Å². The van der Waals surface area contributed by atoms with Gasteiger partial charge in [0.1, 0.15) is 10.7 Å². The van der Waals surface area contributed by atoms with Crippen LogP contribution in [0.1, 0.15) is 6.92 Å². The first-order valence-corrected chi connectivity index (χ1v) is 10.7. The van der Waals surface area contributed by atoms with Crippen molar-refractivity contribution in [1.82, 2.24) is 19.1 Å². The predicted octanol–water partition coefficient (Wildman–Crippen LogP) is 1.09. The van der Waals surface area contributed by atoms with E-state index in [1.165, 1.54) is 21.5 Å². The van der Waals surface area contributed by atoms with Crippen molar-refractivity contribution in [2.24, 2.45) is 0 Å². The van der Waals surface area contributed by atoms with Crippen LogP contribution in [0, 0.1) is 0 Å². The van der Waals surface area contributed by atoms with Crippen molar-refractivity contribution >= 4 is 15.8 Å². The first kappa shape index (κ1) is 21.3. The highest BCUT2D eigenvalue weighted by atomic mass is 32.2. The zero-order valence-electron chi connectivity index (χ0n) is 16.1. The first-order chi connectivity index (χ1) is 13.1. The minimum atomic E-state index is -4.21. The largest absolute Gasteiger partial charge is 0.401 e. The van der Waals surface area contributed by atoms with Crippen molar-refractivity contribution in [3.63, 3.8) is 0 Å². The van der Waals surface area contributed by atoms with Gasteiger partial charge >= 0.3 is 6.18 Å². The van der Waals surface area contributed by atoms with E-state index in [1.807, 2.05) is 11.9 Å². The molecule has 0 aliphatic carbocycles. The highest BCUT2D eigenvalue weighted by Gasteiger charge is 2.35. The number of likely N-dealkylation sites (N-methyl/N-ethyl adjacent to an activating group) is 1. The quantitative estimate of drug-likeness (QED) is 0.726. The molecule has 2 fully saturated rings. The Hall–Kier alpha value is -1.43. The highest BCUT2D eigenvalue weighted by molar-refractivity contribution is 7.89. The lowest BCUT2D eigenvalue weighted by Crippen LogP contribution is -2.54. The smallest absolute Gasteiger partial charge is 0.354 e. The summed E-state index contributed by atoms with van der Waals surface area (Å²) in [6.07, 6.45) is -2.87. The second-order valence-corrected chi connectivity index (χ2v) is 9.38. The molecule has 7 nitrogen and oxygen atoms in total. The zero-order chi connectivity index (χ0) is 20.5. The van der Waals surface area contributed by atoms with Gasteiger partial charge in [-0.05, 0) is 26.1 Å². The average Bonchev–Trinajstić information content (AvgIpc) is 2.63. The van der Waals surface area contributed by atoms with Crippen molar-refractivity contribution in [2.75, 3.05) is 64.3 Å². The molecule has 0 radical (unpaired) electrons. The average molecular weight is 421 g/mol. The predicted molar refractivity (Wildman–Crippen MR) is 99.8 cm³/mol. The fourth-order valence-electron chi connectivity index (χ4n) is 3.56. The number of alkyl halides is 3. The van der Waals surface area contributed by atoms with E-state index in [4.69, 9.17) is 0 Å². The molecule has 1 unspecified atom stereocenters. The fraction of sp³-hybridized carbons (Fsp3) is 0.706. The summed E-state index contributed by atoms with van der Waals surface area (Å²) in [7, 11) is -1.63. The van der Waals surface area contributed by atoms with Crippen LogP contribution in [0.2, 0.25) is 0 Å². The van der Waals surface area contributed by atoms with Crippen LogP contribution in [-0.2, 0) is 10.0 Å². The molecule has 11 heteroatoms. The van der Waals surface area contributed by atoms with Crippen LogP contribution in [-0.4, -0.2) is 99.1 Å². The Balaban J connectivity index is 1.65. The molecule has 3 heterocycles. The number of sulfonamides is 1. The molecule has 1 aromatic heterocycles. The molecule has 2 saturated heterocycles. The van der Waals surface area contributed by atoms with Gasteiger partial charge in [-0.2, -0.15) is 17.5 Å². The number of aromatic nitrogens is 1. The number of hydrogen-bond acceptors (Lipinski definition) is 6. The molecule has 0 spiro atoms. The van der Waals surface area contributed by atoms with E-state index in [1.54, 1.807) is 13.0 Å². The summed E-state index contributed by atoms with van der Waals surface area (Å²) in [5.74, 6) is 0.579. The minimum Gasteiger partial charge on any atom is -0.354 e. The Morgan fingerprint density at radius 1 is 1.11 bits per heavy atom. The van der Waals surface area contributed by atoms with Gasteiger partial charge in [0.15, 0.2) is 0 Å². The highest BCUT2D eigenvalue weighted by Crippen LogP contribution is 2.24. The maximum Gasteiger partial charge on any atom is 0.401 e. The van der Waals surface area contributed by atoms with Crippen LogP contribution in [0.3, 0.4) is 0 Å². The molecule has 1 aromatic rings. The number of pyridine rings is 1. The molecule has 158 valence electrons. The Morgan fingerprint density at radius 3 is 2.32 bits per heavy atom. The molecule has 0 bridgehead atoms. The van der Waals surface area contributed by atoms with Gasteiger partial charge in [-0.25, -0.2) is 13.4 Å². The number of halogens is 3. The number of hydrogen-bond donors (Lipinski definition) is 0. The fourth-order valence-corrected chi connectivity index (χ4v) is 4.93. The van der Waals surface area contributed by atoms with Crippen LogP contribution in [0.5, 0.6) is 0 Å². The molecule has 1 atom stereocenters. The SMILES string of the molecule is CC1CN(c2ccc(S(=O)(=O)N3CCN(C)CC3)cn2)CCN1CC(F)(F)F. The van der Waals surface area contributed by atoms with Gasteiger partial charge in [-0.1, -0.05) is 0 Å². The normalized spacial score (nSPS) is 23.9. The zero-order valence-corrected chi connectivity index (χ0v) is 16.9. The number of anilines is 1. The Morgan fingerprint density at radius 2 is 1.79 bits per heavy atom. The third-order valence-corrected chi connectivity index (χ3v) is 7.17. The van der Waals surface area contributed by atoms with Gasteiger partial charge in [0, 0.05) is 58.1 Å². The molecule has 2 aliphatic heterocycles. The summed E-state index contributed by atoms with van der Waals surface area (Å²) < 4.78 is 64.9. The van der Waals surface area contributed by atoms with E-state index in [-0.39, 0.29) is 17.5 Å². The monoisotopic (exact) mass is 421 g/mol. The maximum absolute atomic E-state index is 12.7. The molecule has 0 aromatic carbocycles. The van der Waals surface area contributed by atoms with Gasteiger partial charge in [0.05, 0.1) is 6.54 Å². The lowest BCUT2D eigenvalue weighted by atomic mass is 10.2. The van der Waals surface area contributed by atoms with E-state index < -0.39 is 22.7 Å². The number of rotatable bonds is 4. The molecule has 2 aliphatic rings. The van der Waals surface area contributed by atoms with Crippen molar-refractivity contribution in [2.45, 2.75) is 24.0 Å². The van der Waals surface area contributed by atoms with Crippen molar-refractivity contribution in [3.05, 3.63) is 18.3 Å². The summed E-state index contributed by atoms with van der Waals surface area (Å²) >= 11 is 0. The third kappa shape index (κ3) is 4.94. The summed E-state index contributed by atoms with van der Waals surface area (Å²) in [5.41, 5.74) is 0. The topological polar surface area (TPSA) is 60.0 Å². The Labute approximate surface area is 163 Å². The molecule has 0 amide bonds. The second kappa shape index (κ2) is 8.13. The summed E-state index contributed by atoms with van der Waals surface area (Å²) in [4.78, 5) is 9.80. The first-order valence-electron chi connectivity index (χ1n) is 9.27. The van der Waals surface area contributed by atoms with E-state index in [0.717, 1.165) is 0 Å². The maximum atomic E-state index is 12.7. The van der Waals surface area contributed by atoms with E-state index in [9.17, 15) is 21.6 Å². The van der Waals surface area contributed by atoms with Crippen molar-refractivity contribution in [1.29, 1.82) is 0 Å². The van der Waals surface area contributed by atoms with E-state index in [2.05, 4.69) is 9.88 Å². The van der Waals surface area contributed by atoms with Gasteiger partial charge in [0.2, 0.25) is 10.0 Å². The van der Waals surface area contributed by atoms with E-state index >= 15 is 0 Å². The molecule has 3 rings (SSSR count). The standard InChI is InChI=1S/C17H26F3N5O2S/c1-14-12-23(7-8-24(14)13-17(18,19)20)16-4-3-15(11-21-16)28(26,27)25-9-5-22(2)6-10-25/h3-4,11,14H,5-10,12-13H2,1-2H3. The van der Waals surface area contributed by atoms with Crippen LogP contribution in [0.25, 0.3) is 0 Å². The second-order valence-electron chi connectivity index (χ2n) is 7.44. The van der Waals surface area contributed by atoms with Crippen LogP contribution in [0.15, 0.2) is 23.2 Å². The molecule has 0 saturated carbocycles. The Bertz CT molecular complexity index is 764. The third-order valence-electron chi connectivity index (χ3n) is 5.29. The van der Waals surface area contributed by atoms with Crippen LogP contribution in [0.4, 0.5) is 19.0 Å². The number of piperazine rings is 2. The number of nitrogens with zero attached hydrogens (tertiary/aromatic N) is 5. The minimum absolute atomic E-state index is 0.143. The van der Waals surface area contributed by atoms with E-state index in [0.29, 0.717) is 45.1 Å². The lowest BCUT2D eigenvalue weighted by Gasteiger charge is -2.40. The van der Waals surface area contributed by atoms with Gasteiger partial charge in [0.25, 0.3) is 0 Å². The van der Waals surface area contributed by atoms with Crippen LogP contribution < -0.4 is 4.90 Å². The van der Waals surface area contributed by atoms with Gasteiger partial charge < -0.3 is 9.80 Å². The van der Waals surface area contributed by atoms with Crippen molar-refractivity contribution in [3.8, 4) is 0 Å². The molecular weight excluding hydrogens is 395 g/mol. The van der Waals surface area contributed by atoms with Gasteiger partial charge in [-0.3, -0.25) is 4.90 Å². The molecule has 0 N–H and O–H groups in total. The van der Waals surface area contributed by atoms with Crippen LogP contribution >= 0.6 is 0 Å². The Kier molecular flexibility index (Phi) is 6.18. The summed E-state index contributed by atoms with van der Waals surface area (Å²) in [6, 6.07) is 2.89. The summed E-state index contributed by atoms with van der Waals surface area (Å²) in [5, 5.41) is 0.